The molecule has 1 heterocycles. The molecule has 1 aliphatic rings. The van der Waals surface area contributed by atoms with E-state index >= 15 is 0 Å². The van der Waals surface area contributed by atoms with Crippen LogP contribution in [-0.4, -0.2) is 49.7 Å². The third-order valence-corrected chi connectivity index (χ3v) is 3.75. The predicted octanol–water partition coefficient (Wildman–Crippen LogP) is 1.65. The van der Waals surface area contributed by atoms with Crippen LogP contribution in [0.3, 0.4) is 0 Å². The molecule has 1 fully saturated rings. The number of carbonyl (C=O) groups is 1. The van der Waals surface area contributed by atoms with Crippen molar-refractivity contribution in [2.24, 2.45) is 5.92 Å². The number of hydrogen-bond donors (Lipinski definition) is 1. The first-order chi connectivity index (χ1) is 8.56. The Hall–Kier alpha value is -0.610. The molecule has 1 unspecified atom stereocenters. The zero-order chi connectivity index (χ0) is 13.5. The topological polar surface area (TPSA) is 41.6 Å². The molecule has 1 rings (SSSR count). The SMILES string of the molecule is CCC1CCN(CC(NC(C)C)C(=O)OC)CC1. The first kappa shape index (κ1) is 15.4. The van der Waals surface area contributed by atoms with Gasteiger partial charge in [0.25, 0.3) is 0 Å². The molecule has 1 atom stereocenters. The van der Waals surface area contributed by atoms with Gasteiger partial charge in [-0.1, -0.05) is 27.2 Å². The van der Waals surface area contributed by atoms with Gasteiger partial charge in [-0.2, -0.15) is 0 Å². The van der Waals surface area contributed by atoms with Crippen LogP contribution in [-0.2, 0) is 9.53 Å². The third kappa shape index (κ3) is 4.94. The van der Waals surface area contributed by atoms with E-state index in [1.165, 1.54) is 26.4 Å². The molecular formula is C14H28N2O2. The normalized spacial score (nSPS) is 20.1. The minimum atomic E-state index is -0.201. The highest BCUT2D eigenvalue weighted by atomic mass is 16.5. The molecule has 1 saturated heterocycles. The molecule has 1 N–H and O–H groups in total. The van der Waals surface area contributed by atoms with Gasteiger partial charge >= 0.3 is 5.97 Å². The van der Waals surface area contributed by atoms with E-state index in [2.05, 4.69) is 31.0 Å². The number of nitrogens with zero attached hydrogens (tertiary/aromatic N) is 1. The number of piperidine rings is 1. The van der Waals surface area contributed by atoms with Gasteiger partial charge in [0.05, 0.1) is 7.11 Å². The molecule has 0 aromatic rings. The summed E-state index contributed by atoms with van der Waals surface area (Å²) in [4.78, 5) is 14.1. The molecule has 0 aromatic heterocycles. The molecule has 1 aliphatic heterocycles. The van der Waals surface area contributed by atoms with Crippen LogP contribution >= 0.6 is 0 Å². The van der Waals surface area contributed by atoms with Crippen LogP contribution in [0.4, 0.5) is 0 Å². The lowest BCUT2D eigenvalue weighted by atomic mass is 9.94. The number of rotatable bonds is 6. The molecule has 0 radical (unpaired) electrons. The minimum Gasteiger partial charge on any atom is -0.468 e. The van der Waals surface area contributed by atoms with Crippen LogP contribution in [0.25, 0.3) is 0 Å². The summed E-state index contributed by atoms with van der Waals surface area (Å²) in [6.07, 6.45) is 3.79. The molecule has 0 aromatic carbocycles. The zero-order valence-electron chi connectivity index (χ0n) is 12.2. The highest BCUT2D eigenvalue weighted by molar-refractivity contribution is 5.75. The lowest BCUT2D eigenvalue weighted by Gasteiger charge is -2.33. The summed E-state index contributed by atoms with van der Waals surface area (Å²) >= 11 is 0. The molecular weight excluding hydrogens is 228 g/mol. The summed E-state index contributed by atoms with van der Waals surface area (Å²) in [5.74, 6) is 0.720. The van der Waals surface area contributed by atoms with Crippen LogP contribution in [0.1, 0.15) is 40.0 Å². The van der Waals surface area contributed by atoms with Gasteiger partial charge in [0.2, 0.25) is 0 Å². The maximum Gasteiger partial charge on any atom is 0.324 e. The van der Waals surface area contributed by atoms with E-state index in [-0.39, 0.29) is 12.0 Å². The molecule has 106 valence electrons. The van der Waals surface area contributed by atoms with Crippen LogP contribution in [0.15, 0.2) is 0 Å². The van der Waals surface area contributed by atoms with Crippen molar-refractivity contribution in [1.82, 2.24) is 10.2 Å². The van der Waals surface area contributed by atoms with E-state index in [1.54, 1.807) is 0 Å². The number of ether oxygens (including phenoxy) is 1. The Labute approximate surface area is 111 Å². The number of esters is 1. The molecule has 4 nitrogen and oxygen atoms in total. The average Bonchev–Trinajstić information content (AvgIpc) is 2.37. The Morgan fingerprint density at radius 1 is 1.39 bits per heavy atom. The zero-order valence-corrected chi connectivity index (χ0v) is 12.2. The summed E-state index contributed by atoms with van der Waals surface area (Å²) in [6.45, 7) is 9.34. The Morgan fingerprint density at radius 3 is 2.44 bits per heavy atom. The molecule has 18 heavy (non-hydrogen) atoms. The van der Waals surface area contributed by atoms with E-state index in [0.29, 0.717) is 6.04 Å². The monoisotopic (exact) mass is 256 g/mol. The van der Waals surface area contributed by atoms with Crippen molar-refractivity contribution < 1.29 is 9.53 Å². The van der Waals surface area contributed by atoms with Gasteiger partial charge in [0.15, 0.2) is 0 Å². The van der Waals surface area contributed by atoms with E-state index in [0.717, 1.165) is 25.6 Å². The Bertz CT molecular complexity index is 248. The highest BCUT2D eigenvalue weighted by Crippen LogP contribution is 2.19. The van der Waals surface area contributed by atoms with E-state index in [4.69, 9.17) is 4.74 Å². The molecule has 0 amide bonds. The second-order valence-electron chi connectivity index (χ2n) is 5.55. The summed E-state index contributed by atoms with van der Waals surface area (Å²) in [7, 11) is 1.46. The molecule has 0 aliphatic carbocycles. The first-order valence-corrected chi connectivity index (χ1v) is 7.13. The van der Waals surface area contributed by atoms with Crippen molar-refractivity contribution in [2.75, 3.05) is 26.7 Å². The third-order valence-electron chi connectivity index (χ3n) is 3.75. The maximum absolute atomic E-state index is 11.7. The molecule has 0 bridgehead atoms. The Morgan fingerprint density at radius 2 is 2.00 bits per heavy atom. The van der Waals surface area contributed by atoms with E-state index in [1.807, 2.05) is 0 Å². The first-order valence-electron chi connectivity index (χ1n) is 7.13. The molecule has 0 spiro atoms. The lowest BCUT2D eigenvalue weighted by Crippen LogP contribution is -2.50. The van der Waals surface area contributed by atoms with Crippen LogP contribution < -0.4 is 5.32 Å². The quantitative estimate of drug-likeness (QED) is 0.734. The second kappa shape index (κ2) is 7.74. The van der Waals surface area contributed by atoms with Crippen LogP contribution in [0.2, 0.25) is 0 Å². The molecule has 0 saturated carbocycles. The standard InChI is InChI=1S/C14H28N2O2/c1-5-12-6-8-16(9-7-12)10-13(14(17)18-4)15-11(2)3/h11-13,15H,5-10H2,1-4H3. The average molecular weight is 256 g/mol. The summed E-state index contributed by atoms with van der Waals surface area (Å²) < 4.78 is 4.87. The Kier molecular flexibility index (Phi) is 6.65. The van der Waals surface area contributed by atoms with E-state index in [9.17, 15) is 4.79 Å². The van der Waals surface area contributed by atoms with Crippen LogP contribution in [0.5, 0.6) is 0 Å². The van der Waals surface area contributed by atoms with Gasteiger partial charge in [-0.3, -0.25) is 4.79 Å². The Balaban J connectivity index is 2.43. The number of likely N-dealkylation sites (tertiary alicyclic amines) is 1. The van der Waals surface area contributed by atoms with Gasteiger partial charge in [-0.05, 0) is 31.8 Å². The van der Waals surface area contributed by atoms with Crippen LogP contribution in [0, 0.1) is 5.92 Å². The van der Waals surface area contributed by atoms with Crippen molar-refractivity contribution >= 4 is 5.97 Å². The van der Waals surface area contributed by atoms with Gasteiger partial charge in [-0.25, -0.2) is 0 Å². The van der Waals surface area contributed by atoms with E-state index < -0.39 is 0 Å². The van der Waals surface area contributed by atoms with Crippen molar-refractivity contribution in [3.8, 4) is 0 Å². The fourth-order valence-corrected chi connectivity index (χ4v) is 2.58. The fraction of sp³-hybridized carbons (Fsp3) is 0.929. The van der Waals surface area contributed by atoms with Gasteiger partial charge in [0, 0.05) is 12.6 Å². The largest absolute Gasteiger partial charge is 0.468 e. The predicted molar refractivity (Wildman–Crippen MR) is 73.5 cm³/mol. The van der Waals surface area contributed by atoms with Gasteiger partial charge < -0.3 is 15.0 Å². The minimum absolute atomic E-state index is 0.152. The number of methoxy groups -OCH3 is 1. The van der Waals surface area contributed by atoms with Crippen molar-refractivity contribution in [2.45, 2.75) is 52.1 Å². The van der Waals surface area contributed by atoms with Gasteiger partial charge in [-0.15, -0.1) is 0 Å². The number of carbonyl (C=O) groups excluding carboxylic acids is 1. The maximum atomic E-state index is 11.7. The van der Waals surface area contributed by atoms with Crippen molar-refractivity contribution in [3.05, 3.63) is 0 Å². The number of hydrogen-bond acceptors (Lipinski definition) is 4. The summed E-state index contributed by atoms with van der Waals surface area (Å²) in [6, 6.07) is 0.0930. The lowest BCUT2D eigenvalue weighted by molar-refractivity contribution is -0.144. The smallest absolute Gasteiger partial charge is 0.324 e. The number of nitrogens with one attached hydrogen (secondary N) is 1. The van der Waals surface area contributed by atoms with Crippen molar-refractivity contribution in [3.63, 3.8) is 0 Å². The summed E-state index contributed by atoms with van der Waals surface area (Å²) in [5.41, 5.74) is 0. The second-order valence-corrected chi connectivity index (χ2v) is 5.55. The van der Waals surface area contributed by atoms with Crippen molar-refractivity contribution in [1.29, 1.82) is 0 Å². The molecule has 4 heteroatoms. The highest BCUT2D eigenvalue weighted by Gasteiger charge is 2.25. The van der Waals surface area contributed by atoms with Gasteiger partial charge in [0.1, 0.15) is 6.04 Å². The summed E-state index contributed by atoms with van der Waals surface area (Å²) in [5, 5.41) is 3.29. The fourth-order valence-electron chi connectivity index (χ4n) is 2.58.